The lowest BCUT2D eigenvalue weighted by Gasteiger charge is -2.02. The quantitative estimate of drug-likeness (QED) is 0.829. The van der Waals surface area contributed by atoms with Crippen LogP contribution < -0.4 is 5.32 Å². The molecule has 1 aromatic carbocycles. The van der Waals surface area contributed by atoms with Crippen LogP contribution in [0.15, 0.2) is 29.6 Å². The third-order valence-corrected chi connectivity index (χ3v) is 3.61. The van der Waals surface area contributed by atoms with Gasteiger partial charge < -0.3 is 10.1 Å². The number of amides is 1. The number of rotatable bonds is 6. The van der Waals surface area contributed by atoms with E-state index in [2.05, 4.69) is 23.3 Å². The number of aromatic nitrogens is 1. The number of carbonyl (C=O) groups is 1. The summed E-state index contributed by atoms with van der Waals surface area (Å²) in [6.07, 6.45) is 0.354. The SMILES string of the molecule is CCOCCC(=O)Nc1nc(-c2ccccc2C)cs1. The van der Waals surface area contributed by atoms with Crippen molar-refractivity contribution in [2.24, 2.45) is 0 Å². The number of ether oxygens (including phenoxy) is 1. The Balaban J connectivity index is 1.99. The zero-order chi connectivity index (χ0) is 14.4. The minimum absolute atomic E-state index is 0.0656. The van der Waals surface area contributed by atoms with Crippen LogP contribution >= 0.6 is 11.3 Å². The molecule has 0 aliphatic heterocycles. The maximum absolute atomic E-state index is 11.7. The summed E-state index contributed by atoms with van der Waals surface area (Å²) in [4.78, 5) is 16.1. The van der Waals surface area contributed by atoms with Crippen LogP contribution in [0.3, 0.4) is 0 Å². The first-order chi connectivity index (χ1) is 9.70. The highest BCUT2D eigenvalue weighted by molar-refractivity contribution is 7.14. The second-order valence-electron chi connectivity index (χ2n) is 4.35. The summed E-state index contributed by atoms with van der Waals surface area (Å²) in [6.45, 7) is 5.03. The van der Waals surface area contributed by atoms with Gasteiger partial charge in [0.15, 0.2) is 5.13 Å². The lowest BCUT2D eigenvalue weighted by atomic mass is 10.1. The van der Waals surface area contributed by atoms with Crippen molar-refractivity contribution in [3.8, 4) is 11.3 Å². The van der Waals surface area contributed by atoms with Crippen LogP contribution in [0, 0.1) is 6.92 Å². The van der Waals surface area contributed by atoms with Gasteiger partial charge >= 0.3 is 0 Å². The van der Waals surface area contributed by atoms with Crippen molar-refractivity contribution in [2.75, 3.05) is 18.5 Å². The molecule has 0 aliphatic rings. The van der Waals surface area contributed by atoms with Crippen molar-refractivity contribution in [2.45, 2.75) is 20.3 Å². The summed E-state index contributed by atoms with van der Waals surface area (Å²) in [5.74, 6) is -0.0656. The zero-order valence-corrected chi connectivity index (χ0v) is 12.5. The third kappa shape index (κ3) is 3.88. The van der Waals surface area contributed by atoms with Gasteiger partial charge in [-0.2, -0.15) is 0 Å². The number of hydrogen-bond donors (Lipinski definition) is 1. The Kier molecular flexibility index (Phi) is 5.26. The van der Waals surface area contributed by atoms with E-state index in [-0.39, 0.29) is 5.91 Å². The average molecular weight is 290 g/mol. The van der Waals surface area contributed by atoms with E-state index in [1.807, 2.05) is 30.5 Å². The molecule has 0 spiro atoms. The van der Waals surface area contributed by atoms with Crippen molar-refractivity contribution >= 4 is 22.4 Å². The Morgan fingerprint density at radius 3 is 2.95 bits per heavy atom. The summed E-state index contributed by atoms with van der Waals surface area (Å²) in [7, 11) is 0. The lowest BCUT2D eigenvalue weighted by Crippen LogP contribution is -2.13. The van der Waals surface area contributed by atoms with E-state index in [9.17, 15) is 4.79 Å². The summed E-state index contributed by atoms with van der Waals surface area (Å²) in [5.41, 5.74) is 3.17. The van der Waals surface area contributed by atoms with E-state index in [1.54, 1.807) is 0 Å². The number of carbonyl (C=O) groups excluding carboxylic acids is 1. The van der Waals surface area contributed by atoms with Crippen LogP contribution in [-0.2, 0) is 9.53 Å². The Labute approximate surface area is 122 Å². The van der Waals surface area contributed by atoms with Crippen molar-refractivity contribution < 1.29 is 9.53 Å². The average Bonchev–Trinajstić information content (AvgIpc) is 2.88. The van der Waals surface area contributed by atoms with Gasteiger partial charge in [0.2, 0.25) is 5.91 Å². The number of thiazole rings is 1. The minimum Gasteiger partial charge on any atom is -0.381 e. The molecule has 1 N–H and O–H groups in total. The van der Waals surface area contributed by atoms with E-state index in [0.29, 0.717) is 24.8 Å². The molecule has 0 saturated carbocycles. The van der Waals surface area contributed by atoms with Crippen LogP contribution in [0.25, 0.3) is 11.3 Å². The summed E-state index contributed by atoms with van der Waals surface area (Å²) in [6, 6.07) is 8.07. The summed E-state index contributed by atoms with van der Waals surface area (Å²) in [5, 5.41) is 5.39. The lowest BCUT2D eigenvalue weighted by molar-refractivity contribution is -0.117. The fourth-order valence-corrected chi connectivity index (χ4v) is 2.53. The Bertz CT molecular complexity index is 581. The smallest absolute Gasteiger partial charge is 0.228 e. The van der Waals surface area contributed by atoms with E-state index in [0.717, 1.165) is 11.3 Å². The highest BCUT2D eigenvalue weighted by Gasteiger charge is 2.09. The molecule has 106 valence electrons. The molecule has 1 aromatic heterocycles. The topological polar surface area (TPSA) is 51.2 Å². The van der Waals surface area contributed by atoms with Gasteiger partial charge in [0.05, 0.1) is 18.7 Å². The van der Waals surface area contributed by atoms with Gasteiger partial charge in [-0.25, -0.2) is 4.98 Å². The monoisotopic (exact) mass is 290 g/mol. The van der Waals surface area contributed by atoms with Gasteiger partial charge in [-0.3, -0.25) is 4.79 Å². The fraction of sp³-hybridized carbons (Fsp3) is 0.333. The predicted octanol–water partition coefficient (Wildman–Crippen LogP) is 3.48. The second kappa shape index (κ2) is 7.17. The van der Waals surface area contributed by atoms with Crippen LogP contribution in [0.2, 0.25) is 0 Å². The van der Waals surface area contributed by atoms with Crippen molar-refractivity contribution in [3.05, 3.63) is 35.2 Å². The number of nitrogens with zero attached hydrogens (tertiary/aromatic N) is 1. The standard InChI is InChI=1S/C15H18N2O2S/c1-3-19-9-8-14(18)17-15-16-13(10-20-15)12-7-5-4-6-11(12)2/h4-7,10H,3,8-9H2,1-2H3,(H,16,17,18). The molecule has 0 bridgehead atoms. The molecule has 0 aliphatic carbocycles. The van der Waals surface area contributed by atoms with Crippen LogP contribution in [0.4, 0.5) is 5.13 Å². The van der Waals surface area contributed by atoms with E-state index >= 15 is 0 Å². The molecule has 4 nitrogen and oxygen atoms in total. The first-order valence-electron chi connectivity index (χ1n) is 6.60. The molecule has 1 heterocycles. The van der Waals surface area contributed by atoms with Gasteiger partial charge in [-0.05, 0) is 19.4 Å². The molecule has 2 rings (SSSR count). The fourth-order valence-electron chi connectivity index (χ4n) is 1.81. The first kappa shape index (κ1) is 14.7. The van der Waals surface area contributed by atoms with Gasteiger partial charge in [0, 0.05) is 17.6 Å². The molecule has 1 amide bonds. The highest BCUT2D eigenvalue weighted by atomic mass is 32.1. The molecular weight excluding hydrogens is 272 g/mol. The maximum atomic E-state index is 11.7. The van der Waals surface area contributed by atoms with Crippen molar-refractivity contribution in [3.63, 3.8) is 0 Å². The molecule has 0 unspecified atom stereocenters. The Hall–Kier alpha value is -1.72. The van der Waals surface area contributed by atoms with Gasteiger partial charge in [-0.15, -0.1) is 11.3 Å². The van der Waals surface area contributed by atoms with E-state index in [4.69, 9.17) is 4.74 Å². The van der Waals surface area contributed by atoms with Gasteiger partial charge in [0.1, 0.15) is 0 Å². The summed E-state index contributed by atoms with van der Waals surface area (Å²) >= 11 is 1.44. The predicted molar refractivity (Wildman–Crippen MR) is 82.0 cm³/mol. The third-order valence-electron chi connectivity index (χ3n) is 2.85. The molecule has 0 saturated heterocycles. The molecular formula is C15H18N2O2S. The van der Waals surface area contributed by atoms with Gasteiger partial charge in [-0.1, -0.05) is 24.3 Å². The zero-order valence-electron chi connectivity index (χ0n) is 11.7. The second-order valence-corrected chi connectivity index (χ2v) is 5.21. The largest absolute Gasteiger partial charge is 0.381 e. The van der Waals surface area contributed by atoms with Crippen LogP contribution in [-0.4, -0.2) is 24.1 Å². The number of benzene rings is 1. The Morgan fingerprint density at radius 1 is 1.40 bits per heavy atom. The first-order valence-corrected chi connectivity index (χ1v) is 7.47. The minimum atomic E-state index is -0.0656. The van der Waals surface area contributed by atoms with Crippen molar-refractivity contribution in [1.82, 2.24) is 4.98 Å². The van der Waals surface area contributed by atoms with Crippen molar-refractivity contribution in [1.29, 1.82) is 0 Å². The highest BCUT2D eigenvalue weighted by Crippen LogP contribution is 2.27. The number of nitrogens with one attached hydrogen (secondary N) is 1. The molecule has 5 heteroatoms. The molecule has 0 fully saturated rings. The molecule has 0 radical (unpaired) electrons. The van der Waals surface area contributed by atoms with Gasteiger partial charge in [0.25, 0.3) is 0 Å². The molecule has 2 aromatic rings. The maximum Gasteiger partial charge on any atom is 0.228 e. The van der Waals surface area contributed by atoms with Crippen LogP contribution in [0.5, 0.6) is 0 Å². The number of aryl methyl sites for hydroxylation is 1. The Morgan fingerprint density at radius 2 is 2.20 bits per heavy atom. The molecule has 20 heavy (non-hydrogen) atoms. The normalized spacial score (nSPS) is 10.5. The number of hydrogen-bond acceptors (Lipinski definition) is 4. The molecule has 0 atom stereocenters. The van der Waals surface area contributed by atoms with E-state index in [1.165, 1.54) is 16.9 Å². The number of anilines is 1. The van der Waals surface area contributed by atoms with E-state index < -0.39 is 0 Å². The van der Waals surface area contributed by atoms with Crippen LogP contribution in [0.1, 0.15) is 18.9 Å². The summed E-state index contributed by atoms with van der Waals surface area (Å²) < 4.78 is 5.15.